The van der Waals surface area contributed by atoms with Gasteiger partial charge in [-0.1, -0.05) is 13.8 Å². The van der Waals surface area contributed by atoms with Crippen molar-refractivity contribution < 1.29 is 17.9 Å². The van der Waals surface area contributed by atoms with Gasteiger partial charge in [0.2, 0.25) is 15.9 Å². The Hall–Kier alpha value is -1.35. The average Bonchev–Trinajstić information content (AvgIpc) is 2.49. The minimum atomic E-state index is -3.76. The molecule has 1 atom stereocenters. The molecule has 3 N–H and O–H groups in total. The lowest BCUT2D eigenvalue weighted by atomic mass is 9.81. The molecular weight excluding hydrogens is 366 g/mol. The van der Waals surface area contributed by atoms with Gasteiger partial charge in [-0.15, -0.1) is 12.4 Å². The molecule has 0 saturated carbocycles. The van der Waals surface area contributed by atoms with Crippen LogP contribution in [0.2, 0.25) is 0 Å². The van der Waals surface area contributed by atoms with Gasteiger partial charge in [0.05, 0.1) is 7.11 Å². The van der Waals surface area contributed by atoms with Crippen molar-refractivity contribution in [2.45, 2.75) is 38.1 Å². The second-order valence-electron chi connectivity index (χ2n) is 6.77. The smallest absolute Gasteiger partial charge is 0.246 e. The van der Waals surface area contributed by atoms with Gasteiger partial charge in [0.1, 0.15) is 10.6 Å². The van der Waals surface area contributed by atoms with Gasteiger partial charge in [-0.25, -0.2) is 8.42 Å². The van der Waals surface area contributed by atoms with E-state index in [-0.39, 0.29) is 40.4 Å². The van der Waals surface area contributed by atoms with Crippen LogP contribution in [0, 0.1) is 5.41 Å². The number of nitrogens with one attached hydrogen (secondary N) is 1. The highest BCUT2D eigenvalue weighted by atomic mass is 35.5. The number of benzene rings is 1. The normalized spacial score (nSPS) is 20.4. The maximum Gasteiger partial charge on any atom is 0.246 e. The van der Waals surface area contributed by atoms with Gasteiger partial charge in [-0.2, -0.15) is 4.31 Å². The number of ether oxygens (including phenoxy) is 1. The standard InChI is InChI=1S/C16H25N3O4S.ClH/c1-11(20)18-12-5-6-13(23-4)14(9-12)24(21,22)19-8-7-15(17)16(2,3)10-19;/h5-6,9,15H,7-8,10,17H2,1-4H3,(H,18,20);1H. The Morgan fingerprint density at radius 1 is 1.40 bits per heavy atom. The van der Waals surface area contributed by atoms with E-state index in [0.717, 1.165) is 0 Å². The summed E-state index contributed by atoms with van der Waals surface area (Å²) in [6, 6.07) is 4.53. The number of piperidine rings is 1. The number of anilines is 1. The fourth-order valence-corrected chi connectivity index (χ4v) is 4.64. The van der Waals surface area contributed by atoms with Crippen molar-refractivity contribution in [3.63, 3.8) is 0 Å². The largest absolute Gasteiger partial charge is 0.495 e. The van der Waals surface area contributed by atoms with Crippen LogP contribution in [0.5, 0.6) is 5.75 Å². The molecule has 1 saturated heterocycles. The van der Waals surface area contributed by atoms with Crippen LogP contribution in [0.3, 0.4) is 0 Å². The number of nitrogens with two attached hydrogens (primary N) is 1. The van der Waals surface area contributed by atoms with Gasteiger partial charge in [-0.05, 0) is 30.0 Å². The third-order valence-electron chi connectivity index (χ3n) is 4.38. The predicted octanol–water partition coefficient (Wildman–Crippen LogP) is 1.82. The van der Waals surface area contributed by atoms with Crippen LogP contribution in [-0.2, 0) is 14.8 Å². The minimum Gasteiger partial charge on any atom is -0.495 e. The van der Waals surface area contributed by atoms with Crippen molar-refractivity contribution in [1.82, 2.24) is 4.31 Å². The summed E-state index contributed by atoms with van der Waals surface area (Å²) in [4.78, 5) is 11.3. The second-order valence-corrected chi connectivity index (χ2v) is 8.68. The molecule has 0 radical (unpaired) electrons. The summed E-state index contributed by atoms with van der Waals surface area (Å²) in [7, 11) is -2.34. The van der Waals surface area contributed by atoms with E-state index >= 15 is 0 Å². The molecule has 0 bridgehead atoms. The number of carbonyl (C=O) groups is 1. The van der Waals surface area contributed by atoms with Crippen molar-refractivity contribution in [2.24, 2.45) is 11.1 Å². The van der Waals surface area contributed by atoms with Crippen LogP contribution >= 0.6 is 12.4 Å². The summed E-state index contributed by atoms with van der Waals surface area (Å²) in [5.74, 6) is -0.0228. The summed E-state index contributed by atoms with van der Waals surface area (Å²) in [6.45, 7) is 5.99. The monoisotopic (exact) mass is 391 g/mol. The fraction of sp³-hybridized carbons (Fsp3) is 0.562. The van der Waals surface area contributed by atoms with Gasteiger partial charge in [0.15, 0.2) is 0 Å². The second kappa shape index (κ2) is 7.90. The van der Waals surface area contributed by atoms with E-state index in [1.165, 1.54) is 24.4 Å². The van der Waals surface area contributed by atoms with Gasteiger partial charge in [0.25, 0.3) is 0 Å². The van der Waals surface area contributed by atoms with E-state index < -0.39 is 10.0 Å². The number of amides is 1. The van der Waals surface area contributed by atoms with Crippen LogP contribution in [0.1, 0.15) is 27.2 Å². The third kappa shape index (κ3) is 4.63. The van der Waals surface area contributed by atoms with Crippen molar-refractivity contribution in [2.75, 3.05) is 25.5 Å². The topological polar surface area (TPSA) is 102 Å². The lowest BCUT2D eigenvalue weighted by molar-refractivity contribution is -0.114. The van der Waals surface area contributed by atoms with E-state index in [9.17, 15) is 13.2 Å². The van der Waals surface area contributed by atoms with Gasteiger partial charge in [-0.3, -0.25) is 4.79 Å². The first-order valence-electron chi connectivity index (χ1n) is 7.79. The van der Waals surface area contributed by atoms with Gasteiger partial charge in [0, 0.05) is 31.7 Å². The molecule has 9 heteroatoms. The Balaban J connectivity index is 0.00000312. The zero-order valence-corrected chi connectivity index (χ0v) is 16.5. The van der Waals surface area contributed by atoms with Crippen molar-refractivity contribution >= 4 is 34.0 Å². The van der Waals surface area contributed by atoms with E-state index in [4.69, 9.17) is 10.5 Å². The summed E-state index contributed by atoms with van der Waals surface area (Å²) in [5, 5.41) is 2.60. The zero-order valence-electron chi connectivity index (χ0n) is 14.9. The molecule has 1 amide bonds. The quantitative estimate of drug-likeness (QED) is 0.815. The average molecular weight is 392 g/mol. The number of carbonyl (C=O) groups excluding carboxylic acids is 1. The lowest BCUT2D eigenvalue weighted by Crippen LogP contribution is -2.53. The summed E-state index contributed by atoms with van der Waals surface area (Å²) in [6.07, 6.45) is 0.597. The van der Waals surface area contributed by atoms with E-state index in [0.29, 0.717) is 25.2 Å². The van der Waals surface area contributed by atoms with Crippen LogP contribution in [0.25, 0.3) is 0 Å². The molecule has 1 heterocycles. The van der Waals surface area contributed by atoms with Crippen molar-refractivity contribution in [3.05, 3.63) is 18.2 Å². The molecule has 0 spiro atoms. The van der Waals surface area contributed by atoms with Gasteiger partial charge >= 0.3 is 0 Å². The number of halogens is 1. The molecular formula is C16H26ClN3O4S. The van der Waals surface area contributed by atoms with E-state index in [2.05, 4.69) is 5.32 Å². The molecule has 7 nitrogen and oxygen atoms in total. The van der Waals surface area contributed by atoms with Crippen molar-refractivity contribution in [3.8, 4) is 5.75 Å². The molecule has 1 aliphatic heterocycles. The predicted molar refractivity (Wildman–Crippen MR) is 99.7 cm³/mol. The fourth-order valence-electron chi connectivity index (χ4n) is 2.83. The first-order chi connectivity index (χ1) is 11.1. The number of sulfonamides is 1. The van der Waals surface area contributed by atoms with Crippen LogP contribution in [0.15, 0.2) is 23.1 Å². The first kappa shape index (κ1) is 21.7. The molecule has 1 fully saturated rings. The highest BCUT2D eigenvalue weighted by molar-refractivity contribution is 7.89. The number of hydrogen-bond acceptors (Lipinski definition) is 5. The molecule has 0 aromatic heterocycles. The van der Waals surface area contributed by atoms with Crippen molar-refractivity contribution in [1.29, 1.82) is 0 Å². The Labute approximate surface area is 155 Å². The molecule has 25 heavy (non-hydrogen) atoms. The first-order valence-corrected chi connectivity index (χ1v) is 9.23. The van der Waals surface area contributed by atoms with Crippen LogP contribution in [-0.4, -0.2) is 44.9 Å². The number of methoxy groups -OCH3 is 1. The number of nitrogens with zero attached hydrogens (tertiary/aromatic N) is 1. The molecule has 1 unspecified atom stereocenters. The maximum atomic E-state index is 13.1. The molecule has 2 rings (SSSR count). The summed E-state index contributed by atoms with van der Waals surface area (Å²) in [5.41, 5.74) is 6.20. The number of rotatable bonds is 4. The lowest BCUT2D eigenvalue weighted by Gasteiger charge is -2.41. The highest BCUT2D eigenvalue weighted by Gasteiger charge is 2.39. The van der Waals surface area contributed by atoms with Gasteiger partial charge < -0.3 is 15.8 Å². The van der Waals surface area contributed by atoms with Crippen LogP contribution < -0.4 is 15.8 Å². The van der Waals surface area contributed by atoms with E-state index in [1.807, 2.05) is 13.8 Å². The Bertz CT molecular complexity index is 737. The maximum absolute atomic E-state index is 13.1. The summed E-state index contributed by atoms with van der Waals surface area (Å²) < 4.78 is 32.8. The molecule has 142 valence electrons. The zero-order chi connectivity index (χ0) is 18.1. The van der Waals surface area contributed by atoms with E-state index in [1.54, 1.807) is 12.1 Å². The molecule has 1 aromatic carbocycles. The summed E-state index contributed by atoms with van der Waals surface area (Å²) >= 11 is 0. The molecule has 1 aromatic rings. The Kier molecular flexibility index (Phi) is 6.86. The Morgan fingerprint density at radius 2 is 2.04 bits per heavy atom. The number of hydrogen-bond donors (Lipinski definition) is 2. The minimum absolute atomic E-state index is 0. The highest BCUT2D eigenvalue weighted by Crippen LogP contribution is 2.35. The third-order valence-corrected chi connectivity index (χ3v) is 6.25. The Morgan fingerprint density at radius 3 is 2.56 bits per heavy atom. The van der Waals surface area contributed by atoms with Crippen LogP contribution in [0.4, 0.5) is 5.69 Å². The SMILES string of the molecule is COc1ccc(NC(C)=O)cc1S(=O)(=O)N1CCC(N)C(C)(C)C1.Cl. The molecule has 1 aliphatic rings. The molecule has 0 aliphatic carbocycles.